The maximum Gasteiger partial charge on any atom is 0.0390 e. The van der Waals surface area contributed by atoms with Crippen LogP contribution >= 0.6 is 11.8 Å². The van der Waals surface area contributed by atoms with Crippen molar-refractivity contribution in [1.82, 2.24) is 5.43 Å². The van der Waals surface area contributed by atoms with Crippen LogP contribution in [0.4, 0.5) is 0 Å². The number of hydrazine groups is 1. The molecule has 1 atom stereocenters. The summed E-state index contributed by atoms with van der Waals surface area (Å²) in [5.41, 5.74) is 2.77. The molecule has 0 aromatic rings. The Balaban J connectivity index is 2.22. The highest BCUT2D eigenvalue weighted by atomic mass is 32.2. The standard InChI is InChI=1S/C9H18N2S/c1-2-9(11-10)7-8-3-5-12-6-4-8/h2,8-9,11H,1,3-7,10H2. The summed E-state index contributed by atoms with van der Waals surface area (Å²) in [5.74, 6) is 8.86. The van der Waals surface area contributed by atoms with Gasteiger partial charge < -0.3 is 0 Å². The Hall–Kier alpha value is 0.01000. The normalized spacial score (nSPS) is 22.1. The van der Waals surface area contributed by atoms with Crippen LogP contribution in [0.3, 0.4) is 0 Å². The molecule has 1 unspecified atom stereocenters. The van der Waals surface area contributed by atoms with Crippen LogP contribution < -0.4 is 11.3 Å². The van der Waals surface area contributed by atoms with E-state index in [0.717, 1.165) is 12.3 Å². The fourth-order valence-electron chi connectivity index (χ4n) is 1.57. The molecule has 0 aromatic carbocycles. The van der Waals surface area contributed by atoms with Crippen LogP contribution in [0.2, 0.25) is 0 Å². The molecule has 2 nitrogen and oxygen atoms in total. The molecule has 0 aromatic heterocycles. The maximum atomic E-state index is 5.37. The van der Waals surface area contributed by atoms with Gasteiger partial charge in [0, 0.05) is 6.04 Å². The average molecular weight is 186 g/mol. The van der Waals surface area contributed by atoms with Crippen molar-refractivity contribution in [3.8, 4) is 0 Å². The van der Waals surface area contributed by atoms with Gasteiger partial charge in [-0.2, -0.15) is 11.8 Å². The summed E-state index contributed by atoms with van der Waals surface area (Å²) < 4.78 is 0. The SMILES string of the molecule is C=CC(CC1CCSCC1)NN. The maximum absolute atomic E-state index is 5.37. The number of hydrogen-bond donors (Lipinski definition) is 2. The second kappa shape index (κ2) is 5.62. The molecule has 3 N–H and O–H groups in total. The Morgan fingerprint density at radius 3 is 2.75 bits per heavy atom. The van der Waals surface area contributed by atoms with Gasteiger partial charge in [0.1, 0.15) is 0 Å². The molecule has 12 heavy (non-hydrogen) atoms. The monoisotopic (exact) mass is 186 g/mol. The van der Waals surface area contributed by atoms with Gasteiger partial charge in [0.2, 0.25) is 0 Å². The predicted molar refractivity (Wildman–Crippen MR) is 56.0 cm³/mol. The molecule has 1 heterocycles. The summed E-state index contributed by atoms with van der Waals surface area (Å²) in [7, 11) is 0. The Kier molecular flexibility index (Phi) is 4.73. The van der Waals surface area contributed by atoms with Crippen molar-refractivity contribution in [1.29, 1.82) is 0 Å². The average Bonchev–Trinajstić information content (AvgIpc) is 2.16. The van der Waals surface area contributed by atoms with E-state index < -0.39 is 0 Å². The highest BCUT2D eigenvalue weighted by molar-refractivity contribution is 7.99. The van der Waals surface area contributed by atoms with Crippen molar-refractivity contribution in [2.45, 2.75) is 25.3 Å². The van der Waals surface area contributed by atoms with Gasteiger partial charge in [-0.25, -0.2) is 0 Å². The summed E-state index contributed by atoms with van der Waals surface area (Å²) in [6.45, 7) is 3.75. The molecular formula is C9H18N2S. The van der Waals surface area contributed by atoms with Crippen LogP contribution in [-0.4, -0.2) is 17.5 Å². The highest BCUT2D eigenvalue weighted by Gasteiger charge is 2.16. The lowest BCUT2D eigenvalue weighted by atomic mass is 9.94. The van der Waals surface area contributed by atoms with Gasteiger partial charge in [-0.1, -0.05) is 6.08 Å². The Bertz CT molecular complexity index is 132. The van der Waals surface area contributed by atoms with E-state index >= 15 is 0 Å². The minimum atomic E-state index is 0.304. The fourth-order valence-corrected chi connectivity index (χ4v) is 2.78. The summed E-state index contributed by atoms with van der Waals surface area (Å²) >= 11 is 2.06. The van der Waals surface area contributed by atoms with E-state index in [1.807, 2.05) is 6.08 Å². The van der Waals surface area contributed by atoms with Crippen molar-refractivity contribution in [3.05, 3.63) is 12.7 Å². The van der Waals surface area contributed by atoms with E-state index in [1.165, 1.54) is 24.3 Å². The van der Waals surface area contributed by atoms with Gasteiger partial charge in [-0.15, -0.1) is 6.58 Å². The number of hydrogen-bond acceptors (Lipinski definition) is 3. The molecule has 1 fully saturated rings. The topological polar surface area (TPSA) is 38.0 Å². The quantitative estimate of drug-likeness (QED) is 0.397. The molecule has 0 radical (unpaired) electrons. The molecule has 0 aliphatic carbocycles. The first-order valence-corrected chi connectivity index (χ1v) is 5.68. The minimum Gasteiger partial charge on any atom is -0.271 e. The third-order valence-electron chi connectivity index (χ3n) is 2.43. The second-order valence-corrected chi connectivity index (χ2v) is 4.53. The van der Waals surface area contributed by atoms with E-state index in [2.05, 4.69) is 23.8 Å². The van der Waals surface area contributed by atoms with E-state index in [4.69, 9.17) is 5.84 Å². The molecule has 1 saturated heterocycles. The van der Waals surface area contributed by atoms with E-state index in [-0.39, 0.29) is 0 Å². The number of nitrogens with one attached hydrogen (secondary N) is 1. The first kappa shape index (κ1) is 10.1. The number of thioether (sulfide) groups is 1. The lowest BCUT2D eigenvalue weighted by Crippen LogP contribution is -2.35. The van der Waals surface area contributed by atoms with Gasteiger partial charge in [0.25, 0.3) is 0 Å². The zero-order chi connectivity index (χ0) is 8.81. The van der Waals surface area contributed by atoms with Crippen LogP contribution in [0.25, 0.3) is 0 Å². The second-order valence-electron chi connectivity index (χ2n) is 3.30. The predicted octanol–water partition coefficient (Wildman–Crippen LogP) is 1.54. The van der Waals surface area contributed by atoms with E-state index in [0.29, 0.717) is 6.04 Å². The van der Waals surface area contributed by atoms with Crippen molar-refractivity contribution >= 4 is 11.8 Å². The van der Waals surface area contributed by atoms with E-state index in [1.54, 1.807) is 0 Å². The highest BCUT2D eigenvalue weighted by Crippen LogP contribution is 2.26. The van der Waals surface area contributed by atoms with Crippen LogP contribution in [0.15, 0.2) is 12.7 Å². The van der Waals surface area contributed by atoms with Crippen LogP contribution in [-0.2, 0) is 0 Å². The molecule has 0 saturated carbocycles. The van der Waals surface area contributed by atoms with Crippen molar-refractivity contribution < 1.29 is 0 Å². The van der Waals surface area contributed by atoms with Crippen molar-refractivity contribution in [2.24, 2.45) is 11.8 Å². The summed E-state index contributed by atoms with van der Waals surface area (Å²) in [6.07, 6.45) is 5.75. The van der Waals surface area contributed by atoms with Crippen molar-refractivity contribution in [3.63, 3.8) is 0 Å². The first-order chi connectivity index (χ1) is 5.86. The summed E-state index contributed by atoms with van der Waals surface area (Å²) in [4.78, 5) is 0. The molecule has 1 rings (SSSR count). The van der Waals surface area contributed by atoms with Gasteiger partial charge in [0.15, 0.2) is 0 Å². The van der Waals surface area contributed by atoms with Crippen LogP contribution in [0.5, 0.6) is 0 Å². The molecular weight excluding hydrogens is 168 g/mol. The Morgan fingerprint density at radius 2 is 2.25 bits per heavy atom. The number of rotatable bonds is 4. The summed E-state index contributed by atoms with van der Waals surface area (Å²) in [5, 5.41) is 0. The zero-order valence-corrected chi connectivity index (χ0v) is 8.28. The third-order valence-corrected chi connectivity index (χ3v) is 3.48. The van der Waals surface area contributed by atoms with Crippen LogP contribution in [0.1, 0.15) is 19.3 Å². The molecule has 1 aliphatic rings. The van der Waals surface area contributed by atoms with Crippen molar-refractivity contribution in [2.75, 3.05) is 11.5 Å². The molecule has 0 spiro atoms. The van der Waals surface area contributed by atoms with Gasteiger partial charge in [-0.05, 0) is 36.7 Å². The Labute approximate surface area is 78.9 Å². The molecule has 3 heteroatoms. The summed E-state index contributed by atoms with van der Waals surface area (Å²) in [6, 6.07) is 0.304. The molecule has 1 aliphatic heterocycles. The van der Waals surface area contributed by atoms with Gasteiger partial charge in [-0.3, -0.25) is 11.3 Å². The smallest absolute Gasteiger partial charge is 0.0390 e. The molecule has 0 amide bonds. The zero-order valence-electron chi connectivity index (χ0n) is 7.46. The molecule has 70 valence electrons. The fraction of sp³-hybridized carbons (Fsp3) is 0.778. The first-order valence-electron chi connectivity index (χ1n) is 4.53. The number of nitrogens with two attached hydrogens (primary N) is 1. The van der Waals surface area contributed by atoms with Gasteiger partial charge in [0.05, 0.1) is 0 Å². The lowest BCUT2D eigenvalue weighted by Gasteiger charge is -2.24. The third kappa shape index (κ3) is 3.17. The van der Waals surface area contributed by atoms with Crippen LogP contribution in [0, 0.1) is 5.92 Å². The molecule has 0 bridgehead atoms. The van der Waals surface area contributed by atoms with E-state index in [9.17, 15) is 0 Å². The Morgan fingerprint density at radius 1 is 1.58 bits per heavy atom. The largest absolute Gasteiger partial charge is 0.271 e. The lowest BCUT2D eigenvalue weighted by molar-refractivity contribution is 0.402. The van der Waals surface area contributed by atoms with Gasteiger partial charge >= 0.3 is 0 Å². The minimum absolute atomic E-state index is 0.304.